The number of benzene rings is 1. The van der Waals surface area contributed by atoms with Gasteiger partial charge in [0.2, 0.25) is 0 Å². The van der Waals surface area contributed by atoms with Crippen molar-refractivity contribution in [1.29, 1.82) is 0 Å². The summed E-state index contributed by atoms with van der Waals surface area (Å²) in [7, 11) is 3.39. The second-order valence-electron chi connectivity index (χ2n) is 5.32. The Morgan fingerprint density at radius 1 is 1.20 bits per heavy atom. The van der Waals surface area contributed by atoms with Gasteiger partial charge < -0.3 is 19.5 Å². The monoisotopic (exact) mass is 281 g/mol. The summed E-state index contributed by atoms with van der Waals surface area (Å²) in [6.45, 7) is 8.55. The van der Waals surface area contributed by atoms with Crippen molar-refractivity contribution in [3.8, 4) is 11.5 Å². The lowest BCUT2D eigenvalue weighted by molar-refractivity contribution is 0.00536. The minimum Gasteiger partial charge on any atom is -0.497 e. The zero-order chi connectivity index (χ0) is 15.0. The van der Waals surface area contributed by atoms with Crippen LogP contribution in [-0.4, -0.2) is 33.0 Å². The van der Waals surface area contributed by atoms with E-state index in [-0.39, 0.29) is 5.60 Å². The van der Waals surface area contributed by atoms with Crippen molar-refractivity contribution in [2.45, 2.75) is 39.3 Å². The number of hydrogen-bond donors (Lipinski definition) is 1. The zero-order valence-electron chi connectivity index (χ0n) is 13.3. The molecule has 0 aromatic heterocycles. The van der Waals surface area contributed by atoms with E-state index in [1.54, 1.807) is 14.2 Å². The Kier molecular flexibility index (Phi) is 6.82. The van der Waals surface area contributed by atoms with E-state index in [0.29, 0.717) is 6.61 Å². The standard InChI is InChI=1S/C16H27NO3/c1-6-17-12-13-7-8-14(18-4)11-15(13)20-10-9-16(2,3)19-5/h7-8,11,17H,6,9-10,12H2,1-5H3. The molecule has 0 saturated heterocycles. The molecule has 0 unspecified atom stereocenters. The third-order valence-corrected chi connectivity index (χ3v) is 3.35. The lowest BCUT2D eigenvalue weighted by Gasteiger charge is -2.23. The summed E-state index contributed by atoms with van der Waals surface area (Å²) in [5.41, 5.74) is 0.976. The second kappa shape index (κ2) is 8.12. The number of ether oxygens (including phenoxy) is 3. The van der Waals surface area contributed by atoms with E-state index in [0.717, 1.165) is 36.6 Å². The first-order chi connectivity index (χ1) is 9.52. The van der Waals surface area contributed by atoms with Crippen LogP contribution in [0.15, 0.2) is 18.2 Å². The first kappa shape index (κ1) is 16.8. The Hall–Kier alpha value is -1.26. The quantitative estimate of drug-likeness (QED) is 0.755. The number of nitrogens with one attached hydrogen (secondary N) is 1. The van der Waals surface area contributed by atoms with Gasteiger partial charge in [-0.25, -0.2) is 0 Å². The molecule has 1 N–H and O–H groups in total. The second-order valence-corrected chi connectivity index (χ2v) is 5.32. The topological polar surface area (TPSA) is 39.7 Å². The molecule has 4 nitrogen and oxygen atoms in total. The van der Waals surface area contributed by atoms with Crippen molar-refractivity contribution < 1.29 is 14.2 Å². The number of methoxy groups -OCH3 is 2. The van der Waals surface area contributed by atoms with Gasteiger partial charge in [-0.05, 0) is 26.5 Å². The Morgan fingerprint density at radius 3 is 2.55 bits per heavy atom. The molecule has 0 aliphatic heterocycles. The first-order valence-electron chi connectivity index (χ1n) is 7.08. The third kappa shape index (κ3) is 5.39. The summed E-state index contributed by atoms with van der Waals surface area (Å²) in [6, 6.07) is 5.93. The minimum atomic E-state index is -0.166. The van der Waals surface area contributed by atoms with Gasteiger partial charge in [0.1, 0.15) is 11.5 Å². The molecule has 0 spiro atoms. The smallest absolute Gasteiger partial charge is 0.127 e. The predicted molar refractivity (Wildman–Crippen MR) is 81.6 cm³/mol. The van der Waals surface area contributed by atoms with Crippen molar-refractivity contribution in [2.75, 3.05) is 27.4 Å². The third-order valence-electron chi connectivity index (χ3n) is 3.35. The van der Waals surface area contributed by atoms with E-state index in [1.807, 2.05) is 18.2 Å². The summed E-state index contributed by atoms with van der Waals surface area (Å²) in [4.78, 5) is 0. The predicted octanol–water partition coefficient (Wildman–Crippen LogP) is 3.00. The molecule has 0 fully saturated rings. The van der Waals surface area contributed by atoms with Gasteiger partial charge in [-0.15, -0.1) is 0 Å². The van der Waals surface area contributed by atoms with E-state index in [9.17, 15) is 0 Å². The highest BCUT2D eigenvalue weighted by Crippen LogP contribution is 2.25. The van der Waals surface area contributed by atoms with Gasteiger partial charge in [0, 0.05) is 31.7 Å². The molecule has 0 heterocycles. The summed E-state index contributed by atoms with van der Waals surface area (Å²) in [5, 5.41) is 3.31. The van der Waals surface area contributed by atoms with Crippen LogP contribution in [0.1, 0.15) is 32.8 Å². The highest BCUT2D eigenvalue weighted by atomic mass is 16.5. The largest absolute Gasteiger partial charge is 0.497 e. The fourth-order valence-corrected chi connectivity index (χ4v) is 1.71. The van der Waals surface area contributed by atoms with Crippen molar-refractivity contribution in [1.82, 2.24) is 5.32 Å². The molecule has 0 saturated carbocycles. The van der Waals surface area contributed by atoms with Crippen molar-refractivity contribution in [2.24, 2.45) is 0 Å². The number of rotatable bonds is 9. The lowest BCUT2D eigenvalue weighted by atomic mass is 10.1. The average Bonchev–Trinajstić information content (AvgIpc) is 2.45. The summed E-state index contributed by atoms with van der Waals surface area (Å²) >= 11 is 0. The average molecular weight is 281 g/mol. The van der Waals surface area contributed by atoms with Crippen LogP contribution in [0.2, 0.25) is 0 Å². The van der Waals surface area contributed by atoms with E-state index in [2.05, 4.69) is 26.1 Å². The molecule has 1 aromatic rings. The van der Waals surface area contributed by atoms with E-state index in [1.165, 1.54) is 0 Å². The van der Waals surface area contributed by atoms with Crippen LogP contribution in [0.25, 0.3) is 0 Å². The van der Waals surface area contributed by atoms with Crippen molar-refractivity contribution >= 4 is 0 Å². The molecule has 1 rings (SSSR count). The molecule has 0 aliphatic carbocycles. The Balaban J connectivity index is 2.69. The van der Waals surface area contributed by atoms with Crippen LogP contribution < -0.4 is 14.8 Å². The maximum absolute atomic E-state index is 5.91. The van der Waals surface area contributed by atoms with E-state index in [4.69, 9.17) is 14.2 Å². The Labute approximate surface area is 122 Å². The summed E-state index contributed by atoms with van der Waals surface area (Å²) in [5.74, 6) is 1.68. The Morgan fingerprint density at radius 2 is 1.95 bits per heavy atom. The van der Waals surface area contributed by atoms with Crippen LogP contribution >= 0.6 is 0 Å². The molecule has 0 aliphatic rings. The van der Waals surface area contributed by atoms with E-state index < -0.39 is 0 Å². The molecule has 20 heavy (non-hydrogen) atoms. The summed E-state index contributed by atoms with van der Waals surface area (Å²) in [6.07, 6.45) is 0.835. The molecule has 0 atom stereocenters. The van der Waals surface area contributed by atoms with Gasteiger partial charge in [-0.3, -0.25) is 0 Å². The van der Waals surface area contributed by atoms with Crippen LogP contribution in [0, 0.1) is 0 Å². The van der Waals surface area contributed by atoms with Gasteiger partial charge >= 0.3 is 0 Å². The molecule has 0 radical (unpaired) electrons. The van der Waals surface area contributed by atoms with Crippen LogP contribution in [0.3, 0.4) is 0 Å². The normalized spacial score (nSPS) is 11.4. The SMILES string of the molecule is CCNCc1ccc(OC)cc1OCCC(C)(C)OC. The van der Waals surface area contributed by atoms with Gasteiger partial charge in [-0.1, -0.05) is 13.0 Å². The fourth-order valence-electron chi connectivity index (χ4n) is 1.71. The minimum absolute atomic E-state index is 0.166. The fraction of sp³-hybridized carbons (Fsp3) is 0.625. The maximum atomic E-state index is 5.91. The van der Waals surface area contributed by atoms with Gasteiger partial charge in [-0.2, -0.15) is 0 Å². The lowest BCUT2D eigenvalue weighted by Crippen LogP contribution is -2.25. The van der Waals surface area contributed by atoms with Gasteiger partial charge in [0.05, 0.1) is 19.3 Å². The van der Waals surface area contributed by atoms with Crippen LogP contribution in [0.5, 0.6) is 11.5 Å². The van der Waals surface area contributed by atoms with Gasteiger partial charge in [0.25, 0.3) is 0 Å². The van der Waals surface area contributed by atoms with Crippen molar-refractivity contribution in [3.63, 3.8) is 0 Å². The maximum Gasteiger partial charge on any atom is 0.127 e. The molecule has 4 heteroatoms. The highest BCUT2D eigenvalue weighted by molar-refractivity contribution is 5.40. The first-order valence-corrected chi connectivity index (χ1v) is 7.08. The summed E-state index contributed by atoms with van der Waals surface area (Å²) < 4.78 is 16.6. The number of hydrogen-bond acceptors (Lipinski definition) is 4. The molecule has 1 aromatic carbocycles. The molecule has 114 valence electrons. The molecular formula is C16H27NO3. The van der Waals surface area contributed by atoms with E-state index >= 15 is 0 Å². The van der Waals surface area contributed by atoms with Crippen LogP contribution in [-0.2, 0) is 11.3 Å². The zero-order valence-corrected chi connectivity index (χ0v) is 13.3. The molecule has 0 bridgehead atoms. The van der Waals surface area contributed by atoms with Crippen molar-refractivity contribution in [3.05, 3.63) is 23.8 Å². The highest BCUT2D eigenvalue weighted by Gasteiger charge is 2.16. The molecular weight excluding hydrogens is 254 g/mol. The van der Waals surface area contributed by atoms with Crippen LogP contribution in [0.4, 0.5) is 0 Å². The van der Waals surface area contributed by atoms with Gasteiger partial charge in [0.15, 0.2) is 0 Å². The molecule has 0 amide bonds. The Bertz CT molecular complexity index is 405.